The molecule has 0 fully saturated rings. The molecule has 24 heavy (non-hydrogen) atoms. The molecule has 0 heterocycles. The van der Waals surface area contributed by atoms with Crippen molar-refractivity contribution in [1.29, 1.82) is 5.26 Å². The Kier molecular flexibility index (Phi) is 9.64. The minimum atomic E-state index is -1.26. The number of anilines is 1. The van der Waals surface area contributed by atoms with Crippen LogP contribution in [0.4, 0.5) is 10.5 Å². The first-order valence-corrected chi connectivity index (χ1v) is 6.67. The number of primary amides is 1. The third kappa shape index (κ3) is 10.4. The number of carbonyl (C=O) groups excluding carboxylic acids is 1. The van der Waals surface area contributed by atoms with E-state index >= 15 is 0 Å². The molecular weight excluding hydrogens is 316 g/mol. The largest absolute Gasteiger partial charge is 0.478 e. The lowest BCUT2D eigenvalue weighted by Crippen LogP contribution is -2.21. The Morgan fingerprint density at radius 1 is 1.29 bits per heavy atom. The molecule has 0 spiro atoms. The van der Waals surface area contributed by atoms with Gasteiger partial charge in [-0.2, -0.15) is 5.26 Å². The maximum absolute atomic E-state index is 10.7. The number of nitrogens with zero attached hydrogens (tertiary/aromatic N) is 1. The van der Waals surface area contributed by atoms with E-state index in [1.165, 1.54) is 0 Å². The predicted molar refractivity (Wildman–Crippen MR) is 86.1 cm³/mol. The quantitative estimate of drug-likeness (QED) is 0.383. The van der Waals surface area contributed by atoms with Crippen molar-refractivity contribution in [2.75, 3.05) is 11.9 Å². The number of nitriles is 1. The Morgan fingerprint density at radius 3 is 2.33 bits per heavy atom. The number of urea groups is 1. The van der Waals surface area contributed by atoms with Gasteiger partial charge in [-0.1, -0.05) is 12.1 Å². The topological polar surface area (TPSA) is 166 Å². The van der Waals surface area contributed by atoms with Gasteiger partial charge in [0.05, 0.1) is 12.6 Å². The van der Waals surface area contributed by atoms with Crippen LogP contribution in [0.3, 0.4) is 0 Å². The molecule has 9 heteroatoms. The van der Waals surface area contributed by atoms with Crippen molar-refractivity contribution in [3.63, 3.8) is 0 Å². The summed E-state index contributed by atoms with van der Waals surface area (Å²) in [4.78, 5) is 29.8. The van der Waals surface area contributed by atoms with Gasteiger partial charge in [0.2, 0.25) is 0 Å². The average molecular weight is 334 g/mol. The highest BCUT2D eigenvalue weighted by Crippen LogP contribution is 2.16. The molecule has 1 aromatic carbocycles. The molecule has 0 saturated heterocycles. The summed E-state index contributed by atoms with van der Waals surface area (Å²) in [7, 11) is 0. The number of amides is 2. The van der Waals surface area contributed by atoms with Crippen LogP contribution < -0.4 is 16.4 Å². The molecule has 128 valence electrons. The highest BCUT2D eigenvalue weighted by Gasteiger charge is 2.05. The lowest BCUT2D eigenvalue weighted by atomic mass is 10.1. The van der Waals surface area contributed by atoms with Gasteiger partial charge in [0.25, 0.3) is 0 Å². The van der Waals surface area contributed by atoms with Crippen molar-refractivity contribution in [3.8, 4) is 6.07 Å². The number of benzene rings is 1. The molecule has 0 aliphatic heterocycles. The third-order valence-corrected chi connectivity index (χ3v) is 2.51. The van der Waals surface area contributed by atoms with Gasteiger partial charge in [-0.15, -0.1) is 0 Å². The van der Waals surface area contributed by atoms with E-state index in [4.69, 9.17) is 21.2 Å². The molecule has 0 saturated carbocycles. The van der Waals surface area contributed by atoms with Crippen LogP contribution >= 0.6 is 0 Å². The molecule has 0 radical (unpaired) electrons. The number of hydrogen-bond acceptors (Lipinski definition) is 5. The van der Waals surface area contributed by atoms with E-state index in [0.717, 1.165) is 5.56 Å². The summed E-state index contributed by atoms with van der Waals surface area (Å²) in [6.45, 7) is 2.23. The molecule has 1 aromatic rings. The molecule has 1 rings (SSSR count). The van der Waals surface area contributed by atoms with Crippen molar-refractivity contribution in [2.24, 2.45) is 5.73 Å². The van der Waals surface area contributed by atoms with Gasteiger partial charge in [0, 0.05) is 23.9 Å². The Bertz CT molecular complexity index is 636. The van der Waals surface area contributed by atoms with Crippen molar-refractivity contribution >= 4 is 23.7 Å². The fourth-order valence-electron chi connectivity index (χ4n) is 1.49. The molecule has 9 nitrogen and oxygen atoms in total. The van der Waals surface area contributed by atoms with Gasteiger partial charge in [0.1, 0.15) is 0 Å². The van der Waals surface area contributed by atoms with Crippen LogP contribution in [-0.2, 0) is 9.59 Å². The van der Waals surface area contributed by atoms with E-state index < -0.39 is 18.0 Å². The summed E-state index contributed by atoms with van der Waals surface area (Å²) >= 11 is 0. The predicted octanol–water partition coefficient (Wildman–Crippen LogP) is 1.06. The van der Waals surface area contributed by atoms with Crippen LogP contribution in [0, 0.1) is 11.3 Å². The van der Waals surface area contributed by atoms with Crippen molar-refractivity contribution < 1.29 is 24.6 Å². The summed E-state index contributed by atoms with van der Waals surface area (Å²) in [5.41, 5.74) is 6.66. The fraction of sp³-hybridized carbons (Fsp3) is 0.200. The lowest BCUT2D eigenvalue weighted by molar-refractivity contribution is -0.134. The SMILES string of the molecule is CC(NCC#N)c1cccc(NC(N)=O)c1.O=C(O)C=CC(=O)O. The van der Waals surface area contributed by atoms with Crippen molar-refractivity contribution in [3.05, 3.63) is 42.0 Å². The first kappa shape index (κ1) is 20.6. The van der Waals surface area contributed by atoms with E-state index in [2.05, 4.69) is 10.6 Å². The van der Waals surface area contributed by atoms with Gasteiger partial charge in [-0.25, -0.2) is 14.4 Å². The summed E-state index contributed by atoms with van der Waals surface area (Å²) in [6, 6.07) is 8.79. The van der Waals surface area contributed by atoms with E-state index in [9.17, 15) is 14.4 Å². The number of hydrogen-bond donors (Lipinski definition) is 5. The second-order valence-corrected chi connectivity index (χ2v) is 4.39. The maximum Gasteiger partial charge on any atom is 0.328 e. The summed E-state index contributed by atoms with van der Waals surface area (Å²) in [5.74, 6) is -2.51. The van der Waals surface area contributed by atoms with Crippen LogP contribution in [0.25, 0.3) is 0 Å². The Balaban J connectivity index is 0.000000561. The highest BCUT2D eigenvalue weighted by molar-refractivity contribution is 5.89. The number of carboxylic acid groups (broad SMARTS) is 2. The Morgan fingerprint density at radius 2 is 1.88 bits per heavy atom. The number of aliphatic carboxylic acids is 2. The minimum Gasteiger partial charge on any atom is -0.478 e. The number of nitrogens with two attached hydrogens (primary N) is 1. The van der Waals surface area contributed by atoms with Gasteiger partial charge in [-0.05, 0) is 24.6 Å². The lowest BCUT2D eigenvalue weighted by Gasteiger charge is -2.13. The smallest absolute Gasteiger partial charge is 0.328 e. The van der Waals surface area contributed by atoms with Gasteiger partial charge < -0.3 is 21.3 Å². The third-order valence-electron chi connectivity index (χ3n) is 2.51. The van der Waals surface area contributed by atoms with Crippen LogP contribution in [-0.4, -0.2) is 34.7 Å². The van der Waals surface area contributed by atoms with Gasteiger partial charge in [-0.3, -0.25) is 5.32 Å². The normalized spacial score (nSPS) is 10.8. The zero-order valence-corrected chi connectivity index (χ0v) is 12.9. The number of carbonyl (C=O) groups is 3. The minimum absolute atomic E-state index is 0.0503. The van der Waals surface area contributed by atoms with Crippen molar-refractivity contribution in [1.82, 2.24) is 5.32 Å². The molecule has 1 unspecified atom stereocenters. The van der Waals surface area contributed by atoms with Crippen LogP contribution in [0.5, 0.6) is 0 Å². The summed E-state index contributed by atoms with van der Waals surface area (Å²) in [6.07, 6.45) is 1.12. The molecule has 0 aliphatic carbocycles. The molecule has 1 atom stereocenters. The monoisotopic (exact) mass is 334 g/mol. The van der Waals surface area contributed by atoms with E-state index in [-0.39, 0.29) is 12.6 Å². The molecule has 2 amide bonds. The number of carboxylic acids is 2. The number of rotatable bonds is 6. The Labute approximate surface area is 138 Å². The first-order chi connectivity index (χ1) is 11.3. The second-order valence-electron chi connectivity index (χ2n) is 4.39. The zero-order chi connectivity index (χ0) is 18.5. The molecule has 0 aliphatic rings. The summed E-state index contributed by atoms with van der Waals surface area (Å²) < 4.78 is 0. The van der Waals surface area contributed by atoms with Gasteiger partial charge in [0.15, 0.2) is 0 Å². The van der Waals surface area contributed by atoms with Crippen LogP contribution in [0.2, 0.25) is 0 Å². The van der Waals surface area contributed by atoms with E-state index in [1.54, 1.807) is 6.07 Å². The molecule has 6 N–H and O–H groups in total. The van der Waals surface area contributed by atoms with Crippen LogP contribution in [0.1, 0.15) is 18.5 Å². The standard InChI is InChI=1S/C11H14N4O.C4H4O4/c1-8(14-6-5-12)9-3-2-4-10(7-9)15-11(13)16;5-3(6)1-2-4(7)8/h2-4,7-8,14H,6H2,1H3,(H3,13,15,16);1-2H,(H,5,6)(H,7,8). The van der Waals surface area contributed by atoms with Crippen molar-refractivity contribution in [2.45, 2.75) is 13.0 Å². The van der Waals surface area contributed by atoms with Crippen LogP contribution in [0.15, 0.2) is 36.4 Å². The molecule has 0 aromatic heterocycles. The van der Waals surface area contributed by atoms with E-state index in [0.29, 0.717) is 17.8 Å². The first-order valence-electron chi connectivity index (χ1n) is 6.67. The van der Waals surface area contributed by atoms with Gasteiger partial charge >= 0.3 is 18.0 Å². The maximum atomic E-state index is 10.7. The zero-order valence-electron chi connectivity index (χ0n) is 12.9. The average Bonchev–Trinajstić information content (AvgIpc) is 2.51. The molecular formula is C15H18N4O5. The Hall–Kier alpha value is -3.38. The molecule has 0 bridgehead atoms. The fourth-order valence-corrected chi connectivity index (χ4v) is 1.49. The van der Waals surface area contributed by atoms with E-state index in [1.807, 2.05) is 31.2 Å². The second kappa shape index (κ2) is 11.2. The number of nitrogens with one attached hydrogen (secondary N) is 2. The highest BCUT2D eigenvalue weighted by atomic mass is 16.4. The summed E-state index contributed by atoms with van der Waals surface area (Å²) in [5, 5.41) is 29.6.